The first-order valence-electron chi connectivity index (χ1n) is 7.60. The van der Waals surface area contributed by atoms with Gasteiger partial charge in [-0.3, -0.25) is 9.59 Å². The summed E-state index contributed by atoms with van der Waals surface area (Å²) in [5, 5.41) is 5.17. The van der Waals surface area contributed by atoms with Gasteiger partial charge in [0.25, 0.3) is 0 Å². The van der Waals surface area contributed by atoms with Gasteiger partial charge in [-0.1, -0.05) is 12.1 Å². The zero-order valence-corrected chi connectivity index (χ0v) is 13.3. The Kier molecular flexibility index (Phi) is 6.31. The van der Waals surface area contributed by atoms with Crippen molar-refractivity contribution < 1.29 is 18.7 Å². The molecule has 0 aliphatic rings. The second-order valence-corrected chi connectivity index (χ2v) is 5.09. The van der Waals surface area contributed by atoms with Crippen molar-refractivity contribution in [3.63, 3.8) is 0 Å². The van der Waals surface area contributed by atoms with E-state index in [1.165, 1.54) is 18.2 Å². The van der Waals surface area contributed by atoms with E-state index in [-0.39, 0.29) is 24.8 Å². The third kappa shape index (κ3) is 5.72. The molecule has 0 saturated carbocycles. The Balaban J connectivity index is 1.77. The molecule has 0 aliphatic heterocycles. The van der Waals surface area contributed by atoms with Crippen LogP contribution in [0.15, 0.2) is 48.5 Å². The summed E-state index contributed by atoms with van der Waals surface area (Å²) in [6.45, 7) is 2.31. The van der Waals surface area contributed by atoms with Crippen LogP contribution in [0.1, 0.15) is 12.5 Å². The molecule has 0 unspecified atom stereocenters. The zero-order valence-electron chi connectivity index (χ0n) is 13.3. The Hall–Kier alpha value is -2.89. The molecule has 0 aromatic heterocycles. The molecule has 5 nitrogen and oxygen atoms in total. The maximum Gasteiger partial charge on any atom is 0.243 e. The summed E-state index contributed by atoms with van der Waals surface area (Å²) < 4.78 is 18.4. The summed E-state index contributed by atoms with van der Waals surface area (Å²) in [7, 11) is 0. The van der Waals surface area contributed by atoms with E-state index >= 15 is 0 Å². The highest BCUT2D eigenvalue weighted by atomic mass is 19.1. The van der Waals surface area contributed by atoms with Gasteiger partial charge in [0, 0.05) is 5.69 Å². The van der Waals surface area contributed by atoms with Crippen LogP contribution in [0, 0.1) is 5.82 Å². The first kappa shape index (κ1) is 17.5. The SMILES string of the molecule is CCOc1ccc(NC(=O)CNC(=O)Cc2cccc(F)c2)cc1. The number of anilines is 1. The van der Waals surface area contributed by atoms with Crippen molar-refractivity contribution in [2.24, 2.45) is 0 Å². The summed E-state index contributed by atoms with van der Waals surface area (Å²) in [6.07, 6.45) is 0.0219. The van der Waals surface area contributed by atoms with E-state index in [1.54, 1.807) is 30.3 Å². The van der Waals surface area contributed by atoms with E-state index in [9.17, 15) is 14.0 Å². The van der Waals surface area contributed by atoms with Gasteiger partial charge in [-0.05, 0) is 48.9 Å². The van der Waals surface area contributed by atoms with Crippen molar-refractivity contribution in [3.05, 3.63) is 59.9 Å². The molecule has 0 bridgehead atoms. The number of amides is 2. The van der Waals surface area contributed by atoms with Gasteiger partial charge in [-0.25, -0.2) is 4.39 Å². The van der Waals surface area contributed by atoms with Crippen molar-refractivity contribution in [1.82, 2.24) is 5.32 Å². The number of rotatable bonds is 7. The predicted molar refractivity (Wildman–Crippen MR) is 89.4 cm³/mol. The molecule has 2 rings (SSSR count). The fourth-order valence-corrected chi connectivity index (χ4v) is 2.08. The van der Waals surface area contributed by atoms with Crippen molar-refractivity contribution in [1.29, 1.82) is 0 Å². The lowest BCUT2D eigenvalue weighted by Gasteiger charge is -2.08. The van der Waals surface area contributed by atoms with Gasteiger partial charge in [-0.2, -0.15) is 0 Å². The average Bonchev–Trinajstić information content (AvgIpc) is 2.55. The van der Waals surface area contributed by atoms with E-state index in [0.717, 1.165) is 5.75 Å². The second kappa shape index (κ2) is 8.67. The highest BCUT2D eigenvalue weighted by Crippen LogP contribution is 2.15. The van der Waals surface area contributed by atoms with Crippen molar-refractivity contribution >= 4 is 17.5 Å². The topological polar surface area (TPSA) is 67.4 Å². The van der Waals surface area contributed by atoms with Crippen LogP contribution >= 0.6 is 0 Å². The first-order valence-corrected chi connectivity index (χ1v) is 7.60. The molecule has 0 heterocycles. The third-order valence-corrected chi connectivity index (χ3v) is 3.15. The molecule has 0 spiro atoms. The third-order valence-electron chi connectivity index (χ3n) is 3.15. The first-order chi connectivity index (χ1) is 11.6. The van der Waals surface area contributed by atoms with E-state index in [0.29, 0.717) is 17.9 Å². The molecular formula is C18H19FN2O3. The average molecular weight is 330 g/mol. The van der Waals surface area contributed by atoms with Crippen LogP contribution < -0.4 is 15.4 Å². The van der Waals surface area contributed by atoms with Gasteiger partial charge in [0.1, 0.15) is 11.6 Å². The molecule has 24 heavy (non-hydrogen) atoms. The number of ether oxygens (including phenoxy) is 1. The van der Waals surface area contributed by atoms with Crippen LogP contribution in [0.25, 0.3) is 0 Å². The quantitative estimate of drug-likeness (QED) is 0.820. The lowest BCUT2D eigenvalue weighted by atomic mass is 10.1. The number of hydrogen-bond acceptors (Lipinski definition) is 3. The van der Waals surface area contributed by atoms with Crippen molar-refractivity contribution in [3.8, 4) is 5.75 Å². The Morgan fingerprint density at radius 1 is 1.08 bits per heavy atom. The summed E-state index contributed by atoms with van der Waals surface area (Å²) in [5.74, 6) is -0.360. The minimum absolute atomic E-state index is 0.0219. The maximum atomic E-state index is 13.0. The molecule has 2 aromatic rings. The molecule has 126 valence electrons. The number of halogens is 1. The van der Waals surface area contributed by atoms with Crippen molar-refractivity contribution in [2.45, 2.75) is 13.3 Å². The van der Waals surface area contributed by atoms with Gasteiger partial charge in [0.05, 0.1) is 19.6 Å². The van der Waals surface area contributed by atoms with Crippen LogP contribution in [-0.4, -0.2) is 25.0 Å². The smallest absolute Gasteiger partial charge is 0.243 e. The summed E-state index contributed by atoms with van der Waals surface area (Å²) >= 11 is 0. The van der Waals surface area contributed by atoms with E-state index in [4.69, 9.17) is 4.74 Å². The minimum Gasteiger partial charge on any atom is -0.494 e. The molecule has 6 heteroatoms. The van der Waals surface area contributed by atoms with Crippen LogP contribution in [-0.2, 0) is 16.0 Å². The highest BCUT2D eigenvalue weighted by molar-refractivity contribution is 5.94. The van der Waals surface area contributed by atoms with Gasteiger partial charge >= 0.3 is 0 Å². The maximum absolute atomic E-state index is 13.0. The van der Waals surface area contributed by atoms with Gasteiger partial charge in [-0.15, -0.1) is 0 Å². The number of benzene rings is 2. The molecule has 2 amide bonds. The summed E-state index contributed by atoms with van der Waals surface area (Å²) in [4.78, 5) is 23.6. The highest BCUT2D eigenvalue weighted by Gasteiger charge is 2.07. The lowest BCUT2D eigenvalue weighted by Crippen LogP contribution is -2.33. The molecule has 0 saturated heterocycles. The molecular weight excluding hydrogens is 311 g/mol. The van der Waals surface area contributed by atoms with E-state index < -0.39 is 5.82 Å². The minimum atomic E-state index is -0.395. The Morgan fingerprint density at radius 3 is 2.50 bits per heavy atom. The Labute approximate surface area is 139 Å². The predicted octanol–water partition coefficient (Wildman–Crippen LogP) is 2.52. The molecule has 0 aliphatic carbocycles. The molecule has 0 atom stereocenters. The normalized spacial score (nSPS) is 10.1. The summed E-state index contributed by atoms with van der Waals surface area (Å²) in [6, 6.07) is 12.7. The molecule has 0 fully saturated rings. The van der Waals surface area contributed by atoms with Crippen LogP contribution in [0.5, 0.6) is 5.75 Å². The number of nitrogens with one attached hydrogen (secondary N) is 2. The Bertz CT molecular complexity index is 702. The number of hydrogen-bond donors (Lipinski definition) is 2. The second-order valence-electron chi connectivity index (χ2n) is 5.09. The molecule has 2 aromatic carbocycles. The van der Waals surface area contributed by atoms with Crippen LogP contribution in [0.2, 0.25) is 0 Å². The van der Waals surface area contributed by atoms with Crippen LogP contribution in [0.3, 0.4) is 0 Å². The summed E-state index contributed by atoms with van der Waals surface area (Å²) in [5.41, 5.74) is 1.17. The number of carbonyl (C=O) groups excluding carboxylic acids is 2. The lowest BCUT2D eigenvalue weighted by molar-refractivity contribution is -0.123. The van der Waals surface area contributed by atoms with Crippen molar-refractivity contribution in [2.75, 3.05) is 18.5 Å². The fraction of sp³-hybridized carbons (Fsp3) is 0.222. The van der Waals surface area contributed by atoms with Crippen LogP contribution in [0.4, 0.5) is 10.1 Å². The monoisotopic (exact) mass is 330 g/mol. The van der Waals surface area contributed by atoms with E-state index in [2.05, 4.69) is 10.6 Å². The largest absolute Gasteiger partial charge is 0.494 e. The van der Waals surface area contributed by atoms with Gasteiger partial charge in [0.2, 0.25) is 11.8 Å². The molecule has 2 N–H and O–H groups in total. The zero-order chi connectivity index (χ0) is 17.4. The van der Waals surface area contributed by atoms with Gasteiger partial charge < -0.3 is 15.4 Å². The standard InChI is InChI=1S/C18H19FN2O3/c1-2-24-16-8-6-15(7-9-16)21-18(23)12-20-17(22)11-13-4-3-5-14(19)10-13/h3-10H,2,11-12H2,1H3,(H,20,22)(H,21,23). The van der Waals surface area contributed by atoms with E-state index in [1.807, 2.05) is 6.92 Å². The number of carbonyl (C=O) groups is 2. The Morgan fingerprint density at radius 2 is 1.83 bits per heavy atom. The molecule has 0 radical (unpaired) electrons. The van der Waals surface area contributed by atoms with Gasteiger partial charge in [0.15, 0.2) is 0 Å². The fourth-order valence-electron chi connectivity index (χ4n) is 2.08.